The molecule has 1 aromatic heterocycles. The number of aromatic nitrogens is 2. The van der Waals surface area contributed by atoms with Crippen molar-refractivity contribution >= 4 is 34.2 Å². The van der Waals surface area contributed by atoms with E-state index in [0.717, 1.165) is 45.8 Å². The van der Waals surface area contributed by atoms with Crippen LogP contribution in [0.3, 0.4) is 0 Å². The minimum atomic E-state index is 0.110. The lowest BCUT2D eigenvalue weighted by Gasteiger charge is -2.34. The average molecular weight is 413 g/mol. The van der Waals surface area contributed by atoms with Crippen LogP contribution in [0.5, 0.6) is 0 Å². The molecule has 2 heterocycles. The lowest BCUT2D eigenvalue weighted by molar-refractivity contribution is 0.0746. The molecule has 0 radical (unpaired) electrons. The zero-order valence-corrected chi connectivity index (χ0v) is 17.2. The summed E-state index contributed by atoms with van der Waals surface area (Å²) in [5.74, 6) is 0.930. The van der Waals surface area contributed by atoms with Gasteiger partial charge in [0.25, 0.3) is 5.91 Å². The molecule has 3 aromatic rings. The Hall–Kier alpha value is -2.44. The van der Waals surface area contributed by atoms with E-state index in [9.17, 15) is 4.79 Å². The first kappa shape index (κ1) is 18.9. The Morgan fingerprint density at radius 1 is 1.07 bits per heavy atom. The number of hydrogen-bond donors (Lipinski definition) is 0. The van der Waals surface area contributed by atoms with Crippen LogP contribution in [0.25, 0.3) is 0 Å². The van der Waals surface area contributed by atoms with Gasteiger partial charge in [0.05, 0.1) is 0 Å². The van der Waals surface area contributed by atoms with E-state index >= 15 is 0 Å². The van der Waals surface area contributed by atoms with Gasteiger partial charge in [-0.3, -0.25) is 4.79 Å². The number of aryl methyl sites for hydroxylation is 1. The van der Waals surface area contributed by atoms with Gasteiger partial charge in [-0.15, -0.1) is 0 Å². The first-order valence-corrected chi connectivity index (χ1v) is 10.4. The molecule has 0 bridgehead atoms. The number of carbonyl (C=O) groups is 1. The second kappa shape index (κ2) is 8.29. The maximum atomic E-state index is 12.8. The lowest BCUT2D eigenvalue weighted by atomic mass is 10.1. The van der Waals surface area contributed by atoms with Crippen molar-refractivity contribution in [3.05, 3.63) is 76.1 Å². The van der Waals surface area contributed by atoms with Gasteiger partial charge in [-0.1, -0.05) is 41.9 Å². The Labute approximate surface area is 173 Å². The second-order valence-electron chi connectivity index (χ2n) is 6.89. The number of hydrogen-bond acceptors (Lipinski definition) is 5. The molecule has 5 nitrogen and oxygen atoms in total. The Bertz CT molecular complexity index is 965. The normalized spacial score (nSPS) is 14.4. The summed E-state index contributed by atoms with van der Waals surface area (Å²) in [5, 5.41) is 1.65. The smallest absolute Gasteiger partial charge is 0.254 e. The van der Waals surface area contributed by atoms with Crippen LogP contribution in [0, 0.1) is 6.92 Å². The van der Waals surface area contributed by atoms with Crippen LogP contribution in [0.4, 0.5) is 5.13 Å². The number of rotatable bonds is 4. The summed E-state index contributed by atoms with van der Waals surface area (Å²) in [6.45, 7) is 4.91. The summed E-state index contributed by atoms with van der Waals surface area (Å²) in [7, 11) is 0. The van der Waals surface area contributed by atoms with Gasteiger partial charge in [0.15, 0.2) is 0 Å². The van der Waals surface area contributed by atoms with Crippen molar-refractivity contribution in [2.75, 3.05) is 31.1 Å². The maximum Gasteiger partial charge on any atom is 0.254 e. The minimum Gasteiger partial charge on any atom is -0.343 e. The second-order valence-corrected chi connectivity index (χ2v) is 8.06. The molecule has 0 unspecified atom stereocenters. The number of piperazine rings is 1. The molecule has 1 aliphatic rings. The molecule has 2 aromatic carbocycles. The third-order valence-corrected chi connectivity index (χ3v) is 6.01. The van der Waals surface area contributed by atoms with Gasteiger partial charge in [-0.2, -0.15) is 4.37 Å². The highest BCUT2D eigenvalue weighted by Crippen LogP contribution is 2.22. The van der Waals surface area contributed by atoms with Gasteiger partial charge < -0.3 is 9.80 Å². The molecule has 1 amide bonds. The molecular formula is C21H21ClN4OS. The minimum absolute atomic E-state index is 0.110. The fraction of sp³-hybridized carbons (Fsp3) is 0.286. The van der Waals surface area contributed by atoms with E-state index in [1.54, 1.807) is 0 Å². The van der Waals surface area contributed by atoms with E-state index in [2.05, 4.69) is 9.27 Å². The number of benzene rings is 2. The van der Waals surface area contributed by atoms with Crippen molar-refractivity contribution in [2.24, 2.45) is 0 Å². The monoisotopic (exact) mass is 412 g/mol. The van der Waals surface area contributed by atoms with Crippen LogP contribution in [0.1, 0.15) is 27.3 Å². The molecule has 0 atom stereocenters. The van der Waals surface area contributed by atoms with Gasteiger partial charge in [-0.05, 0) is 36.2 Å². The van der Waals surface area contributed by atoms with Gasteiger partial charge in [-0.25, -0.2) is 4.98 Å². The quantitative estimate of drug-likeness (QED) is 0.648. The SMILES string of the molecule is Cc1ccccc1C(=O)N1CCN(c2nc(Cc3ccc(Cl)cc3)ns2)CC1. The van der Waals surface area contributed by atoms with Crippen molar-refractivity contribution in [2.45, 2.75) is 13.3 Å². The molecule has 7 heteroatoms. The van der Waals surface area contributed by atoms with E-state index in [1.807, 2.05) is 60.4 Å². The number of anilines is 1. The highest BCUT2D eigenvalue weighted by Gasteiger charge is 2.24. The van der Waals surface area contributed by atoms with Crippen LogP contribution in [0.15, 0.2) is 48.5 Å². The zero-order valence-electron chi connectivity index (χ0n) is 15.6. The summed E-state index contributed by atoms with van der Waals surface area (Å²) in [4.78, 5) is 21.6. The van der Waals surface area contributed by atoms with Gasteiger partial charge >= 0.3 is 0 Å². The molecule has 4 rings (SSSR count). The molecule has 1 aliphatic heterocycles. The Morgan fingerprint density at radius 2 is 1.79 bits per heavy atom. The molecule has 144 valence electrons. The van der Waals surface area contributed by atoms with Crippen LogP contribution in [0.2, 0.25) is 5.02 Å². The van der Waals surface area contributed by atoms with Gasteiger partial charge in [0, 0.05) is 54.7 Å². The van der Waals surface area contributed by atoms with Crippen molar-refractivity contribution in [1.82, 2.24) is 14.3 Å². The first-order chi connectivity index (χ1) is 13.6. The van der Waals surface area contributed by atoms with Crippen molar-refractivity contribution < 1.29 is 4.79 Å². The van der Waals surface area contributed by atoms with E-state index in [-0.39, 0.29) is 5.91 Å². The fourth-order valence-corrected chi connectivity index (χ4v) is 4.18. The number of amides is 1. The number of carbonyl (C=O) groups excluding carboxylic acids is 1. The van der Waals surface area contributed by atoms with Crippen molar-refractivity contribution in [3.63, 3.8) is 0 Å². The van der Waals surface area contributed by atoms with Crippen LogP contribution in [-0.4, -0.2) is 46.3 Å². The van der Waals surface area contributed by atoms with E-state index in [4.69, 9.17) is 16.6 Å². The summed E-state index contributed by atoms with van der Waals surface area (Å²) < 4.78 is 4.50. The van der Waals surface area contributed by atoms with Crippen LogP contribution in [-0.2, 0) is 6.42 Å². The summed E-state index contributed by atoms with van der Waals surface area (Å²) in [5.41, 5.74) is 2.95. The maximum absolute atomic E-state index is 12.8. The molecule has 0 saturated carbocycles. The number of nitrogens with zero attached hydrogens (tertiary/aromatic N) is 4. The standard InChI is InChI=1S/C21H21ClN4OS/c1-15-4-2-3-5-18(15)20(27)25-10-12-26(13-11-25)21-23-19(24-28-21)14-16-6-8-17(22)9-7-16/h2-9H,10-14H2,1H3. The van der Waals surface area contributed by atoms with Gasteiger partial charge in [0.2, 0.25) is 5.13 Å². The molecular weight excluding hydrogens is 392 g/mol. The Kier molecular flexibility index (Phi) is 5.59. The molecule has 0 spiro atoms. The lowest BCUT2D eigenvalue weighted by Crippen LogP contribution is -2.48. The Morgan fingerprint density at radius 3 is 2.50 bits per heavy atom. The van der Waals surface area contributed by atoms with Crippen LogP contribution >= 0.6 is 23.1 Å². The van der Waals surface area contributed by atoms with Gasteiger partial charge in [0.1, 0.15) is 5.82 Å². The topological polar surface area (TPSA) is 49.3 Å². The highest BCUT2D eigenvalue weighted by molar-refractivity contribution is 7.09. The van der Waals surface area contributed by atoms with Crippen molar-refractivity contribution in [1.29, 1.82) is 0 Å². The molecule has 28 heavy (non-hydrogen) atoms. The fourth-order valence-electron chi connectivity index (χ4n) is 3.31. The third-order valence-electron chi connectivity index (χ3n) is 4.95. The predicted octanol–water partition coefficient (Wildman–Crippen LogP) is 4.05. The van der Waals surface area contributed by atoms with E-state index < -0.39 is 0 Å². The zero-order chi connectivity index (χ0) is 19.5. The number of halogens is 1. The predicted molar refractivity (Wildman–Crippen MR) is 113 cm³/mol. The summed E-state index contributed by atoms with van der Waals surface area (Å²) in [6, 6.07) is 15.5. The molecule has 1 fully saturated rings. The van der Waals surface area contributed by atoms with E-state index in [0.29, 0.717) is 19.5 Å². The van der Waals surface area contributed by atoms with Crippen LogP contribution < -0.4 is 4.90 Å². The highest BCUT2D eigenvalue weighted by atomic mass is 35.5. The summed E-state index contributed by atoms with van der Waals surface area (Å²) in [6.07, 6.45) is 0.694. The largest absolute Gasteiger partial charge is 0.343 e. The Balaban J connectivity index is 1.36. The molecule has 0 aliphatic carbocycles. The van der Waals surface area contributed by atoms with Crippen molar-refractivity contribution in [3.8, 4) is 0 Å². The average Bonchev–Trinajstić information content (AvgIpc) is 3.18. The third kappa shape index (κ3) is 4.18. The molecule has 1 saturated heterocycles. The summed E-state index contributed by atoms with van der Waals surface area (Å²) >= 11 is 7.36. The van der Waals surface area contributed by atoms with E-state index in [1.165, 1.54) is 11.5 Å². The first-order valence-electron chi connectivity index (χ1n) is 9.27. The molecule has 0 N–H and O–H groups in total.